The van der Waals surface area contributed by atoms with Crippen LogP contribution in [-0.4, -0.2) is 0 Å². The summed E-state index contributed by atoms with van der Waals surface area (Å²) in [5, 5.41) is 1.16. The van der Waals surface area contributed by atoms with Gasteiger partial charge in [0.15, 0.2) is 0 Å². The summed E-state index contributed by atoms with van der Waals surface area (Å²) < 4.78 is 5.64. The van der Waals surface area contributed by atoms with E-state index in [1.165, 1.54) is 0 Å². The lowest BCUT2D eigenvalue weighted by Crippen LogP contribution is -1.97. The maximum Gasteiger partial charge on any atom is 0.138 e. The van der Waals surface area contributed by atoms with Gasteiger partial charge in [0.25, 0.3) is 0 Å². The molecule has 0 fully saturated rings. The molecule has 0 aliphatic carbocycles. The van der Waals surface area contributed by atoms with Crippen molar-refractivity contribution in [2.75, 3.05) is 5.73 Å². The Morgan fingerprint density at radius 3 is 2.50 bits per heavy atom. The number of hydrogen-bond donors (Lipinski definition) is 1. The third kappa shape index (κ3) is 3.09. The number of anilines is 1. The van der Waals surface area contributed by atoms with Crippen LogP contribution in [-0.2, 0) is 6.61 Å². The predicted molar refractivity (Wildman–Crippen MR) is 76.4 cm³/mol. The average Bonchev–Trinajstić information content (AvgIpc) is 2.32. The molecule has 0 atom stereocenters. The Labute approximate surface area is 116 Å². The normalized spacial score (nSPS) is 10.4. The maximum atomic E-state index is 6.08. The van der Waals surface area contributed by atoms with Crippen LogP contribution in [0.1, 0.15) is 11.1 Å². The molecule has 94 valence electrons. The molecule has 0 aliphatic rings. The van der Waals surface area contributed by atoms with Crippen LogP contribution in [0.5, 0.6) is 5.75 Å². The molecule has 2 aromatic carbocycles. The van der Waals surface area contributed by atoms with E-state index < -0.39 is 0 Å². The molecule has 0 aromatic heterocycles. The van der Waals surface area contributed by atoms with Gasteiger partial charge < -0.3 is 10.5 Å². The van der Waals surface area contributed by atoms with Crippen LogP contribution in [0.4, 0.5) is 5.69 Å². The van der Waals surface area contributed by atoms with Gasteiger partial charge in [-0.2, -0.15) is 0 Å². The van der Waals surface area contributed by atoms with Crippen LogP contribution in [0.2, 0.25) is 10.0 Å². The van der Waals surface area contributed by atoms with Gasteiger partial charge in [-0.25, -0.2) is 0 Å². The van der Waals surface area contributed by atoms with Crippen molar-refractivity contribution in [3.63, 3.8) is 0 Å². The number of nitrogen functional groups attached to an aromatic ring is 1. The number of aryl methyl sites for hydroxylation is 1. The highest BCUT2D eigenvalue weighted by molar-refractivity contribution is 6.33. The molecule has 2 aromatic rings. The molecule has 0 saturated heterocycles. The number of halogens is 2. The summed E-state index contributed by atoms with van der Waals surface area (Å²) in [6.45, 7) is 2.39. The van der Waals surface area contributed by atoms with Gasteiger partial charge in [0, 0.05) is 0 Å². The first-order valence-electron chi connectivity index (χ1n) is 5.49. The summed E-state index contributed by atoms with van der Waals surface area (Å²) in [5.74, 6) is 0.663. The highest BCUT2D eigenvalue weighted by atomic mass is 35.5. The fraction of sp³-hybridized carbons (Fsp3) is 0.143. The molecule has 0 spiro atoms. The van der Waals surface area contributed by atoms with Gasteiger partial charge in [0.05, 0.1) is 15.7 Å². The van der Waals surface area contributed by atoms with Crippen molar-refractivity contribution < 1.29 is 4.74 Å². The largest absolute Gasteiger partial charge is 0.487 e. The number of benzene rings is 2. The van der Waals surface area contributed by atoms with Gasteiger partial charge in [-0.05, 0) is 42.3 Å². The number of hydrogen-bond acceptors (Lipinski definition) is 2. The summed E-state index contributed by atoms with van der Waals surface area (Å²) in [4.78, 5) is 0. The van der Waals surface area contributed by atoms with Crippen molar-refractivity contribution in [3.8, 4) is 5.75 Å². The zero-order chi connectivity index (χ0) is 13.1. The summed E-state index contributed by atoms with van der Waals surface area (Å²) in [5.41, 5.74) is 8.33. The molecule has 0 bridgehead atoms. The minimum atomic E-state index is 0.407. The third-order valence-electron chi connectivity index (χ3n) is 2.54. The molecule has 2 rings (SSSR count). The van der Waals surface area contributed by atoms with Gasteiger partial charge in [0.2, 0.25) is 0 Å². The summed E-state index contributed by atoms with van der Waals surface area (Å²) in [6.07, 6.45) is 0. The number of rotatable bonds is 3. The fourth-order valence-corrected chi connectivity index (χ4v) is 1.97. The SMILES string of the molecule is Cc1ccc(OCc2ccc(Cl)c(N)c2)c(Cl)c1. The first kappa shape index (κ1) is 13.1. The minimum Gasteiger partial charge on any atom is -0.487 e. The zero-order valence-corrected chi connectivity index (χ0v) is 11.4. The van der Waals surface area contributed by atoms with Crippen LogP contribution < -0.4 is 10.5 Å². The second-order valence-electron chi connectivity index (χ2n) is 4.08. The first-order chi connectivity index (χ1) is 8.56. The molecule has 4 heteroatoms. The Morgan fingerprint density at radius 2 is 1.83 bits per heavy atom. The van der Waals surface area contributed by atoms with E-state index in [1.807, 2.05) is 31.2 Å². The monoisotopic (exact) mass is 281 g/mol. The van der Waals surface area contributed by atoms with Gasteiger partial charge >= 0.3 is 0 Å². The molecule has 0 amide bonds. The molecule has 2 nitrogen and oxygen atoms in total. The van der Waals surface area contributed by atoms with Gasteiger partial charge in [0.1, 0.15) is 12.4 Å². The standard InChI is InChI=1S/C14H13Cl2NO/c1-9-2-5-14(12(16)6-9)18-8-10-3-4-11(15)13(17)7-10/h2-7H,8,17H2,1H3. The van der Waals surface area contributed by atoms with Crippen LogP contribution >= 0.6 is 23.2 Å². The van der Waals surface area contributed by atoms with Crippen LogP contribution in [0.25, 0.3) is 0 Å². The highest BCUT2D eigenvalue weighted by Gasteiger charge is 2.03. The second-order valence-corrected chi connectivity index (χ2v) is 4.89. The summed E-state index contributed by atoms with van der Waals surface area (Å²) >= 11 is 11.9. The summed E-state index contributed by atoms with van der Waals surface area (Å²) in [6, 6.07) is 11.1. The maximum absolute atomic E-state index is 6.08. The average molecular weight is 282 g/mol. The van der Waals surface area contributed by atoms with Crippen LogP contribution in [0.15, 0.2) is 36.4 Å². The van der Waals surface area contributed by atoms with Gasteiger partial charge in [-0.15, -0.1) is 0 Å². The molecular formula is C14H13Cl2NO. The number of nitrogens with two attached hydrogens (primary N) is 1. The molecular weight excluding hydrogens is 269 g/mol. The topological polar surface area (TPSA) is 35.2 Å². The Balaban J connectivity index is 2.09. The van der Waals surface area contributed by atoms with E-state index in [-0.39, 0.29) is 0 Å². The molecule has 0 heterocycles. The van der Waals surface area contributed by atoms with E-state index in [1.54, 1.807) is 12.1 Å². The van der Waals surface area contributed by atoms with Crippen molar-refractivity contribution in [1.82, 2.24) is 0 Å². The molecule has 0 radical (unpaired) electrons. The summed E-state index contributed by atoms with van der Waals surface area (Å²) in [7, 11) is 0. The third-order valence-corrected chi connectivity index (χ3v) is 3.18. The smallest absolute Gasteiger partial charge is 0.138 e. The van der Waals surface area contributed by atoms with Gasteiger partial charge in [-0.3, -0.25) is 0 Å². The van der Waals surface area contributed by atoms with Gasteiger partial charge in [-0.1, -0.05) is 35.3 Å². The lowest BCUT2D eigenvalue weighted by Gasteiger charge is -2.09. The van der Waals surface area contributed by atoms with E-state index in [2.05, 4.69) is 0 Å². The van der Waals surface area contributed by atoms with Crippen molar-refractivity contribution in [3.05, 3.63) is 57.6 Å². The van der Waals surface area contributed by atoms with Crippen LogP contribution in [0, 0.1) is 6.92 Å². The van der Waals surface area contributed by atoms with Crippen molar-refractivity contribution >= 4 is 28.9 Å². The van der Waals surface area contributed by atoms with E-state index in [0.717, 1.165) is 11.1 Å². The highest BCUT2D eigenvalue weighted by Crippen LogP contribution is 2.26. The quantitative estimate of drug-likeness (QED) is 0.843. The second kappa shape index (κ2) is 5.51. The van der Waals surface area contributed by atoms with Crippen molar-refractivity contribution in [1.29, 1.82) is 0 Å². The van der Waals surface area contributed by atoms with Crippen molar-refractivity contribution in [2.24, 2.45) is 0 Å². The van der Waals surface area contributed by atoms with E-state index in [0.29, 0.717) is 28.1 Å². The Morgan fingerprint density at radius 1 is 1.06 bits per heavy atom. The Bertz CT molecular complexity index is 570. The van der Waals surface area contributed by atoms with Crippen LogP contribution in [0.3, 0.4) is 0 Å². The Kier molecular flexibility index (Phi) is 4.00. The molecule has 0 aliphatic heterocycles. The number of ether oxygens (including phenoxy) is 1. The molecule has 0 unspecified atom stereocenters. The molecule has 18 heavy (non-hydrogen) atoms. The van der Waals surface area contributed by atoms with E-state index >= 15 is 0 Å². The fourth-order valence-electron chi connectivity index (χ4n) is 1.57. The Hall–Kier alpha value is -1.38. The first-order valence-corrected chi connectivity index (χ1v) is 6.24. The molecule has 0 saturated carbocycles. The lowest BCUT2D eigenvalue weighted by molar-refractivity contribution is 0.306. The molecule has 2 N–H and O–H groups in total. The zero-order valence-electron chi connectivity index (χ0n) is 9.91. The van der Waals surface area contributed by atoms with E-state index in [9.17, 15) is 0 Å². The van der Waals surface area contributed by atoms with E-state index in [4.69, 9.17) is 33.7 Å². The predicted octanol–water partition coefficient (Wildman–Crippen LogP) is 4.46. The lowest BCUT2D eigenvalue weighted by atomic mass is 10.2. The van der Waals surface area contributed by atoms with Crippen molar-refractivity contribution in [2.45, 2.75) is 13.5 Å². The minimum absolute atomic E-state index is 0.407.